The molecule has 1 saturated heterocycles. The Labute approximate surface area is 371 Å². The van der Waals surface area contributed by atoms with Gasteiger partial charge in [0.25, 0.3) is 18.2 Å². The highest BCUT2D eigenvalue weighted by atomic mass is 32.1. The average Bonchev–Trinajstić information content (AvgIpc) is 4.04. The molecule has 342 valence electrons. The van der Waals surface area contributed by atoms with Crippen LogP contribution in [0.4, 0.5) is 40.8 Å². The van der Waals surface area contributed by atoms with Gasteiger partial charge in [-0.15, -0.1) is 11.3 Å². The van der Waals surface area contributed by atoms with Crippen molar-refractivity contribution in [3.05, 3.63) is 140 Å². The van der Waals surface area contributed by atoms with Gasteiger partial charge in [0.15, 0.2) is 23.1 Å². The third-order valence-electron chi connectivity index (χ3n) is 11.4. The lowest BCUT2D eigenvalue weighted by molar-refractivity contribution is -0.142. The van der Waals surface area contributed by atoms with Gasteiger partial charge in [0.2, 0.25) is 5.91 Å². The second-order valence-corrected chi connectivity index (χ2v) is 16.6. The number of piperidine rings is 1. The van der Waals surface area contributed by atoms with Crippen molar-refractivity contribution in [2.75, 3.05) is 25.5 Å². The fourth-order valence-electron chi connectivity index (χ4n) is 8.03. The van der Waals surface area contributed by atoms with Crippen LogP contribution >= 0.6 is 11.3 Å². The number of nitrogens with zero attached hydrogens (tertiary/aromatic N) is 7. The van der Waals surface area contributed by atoms with Crippen LogP contribution in [0.5, 0.6) is 0 Å². The van der Waals surface area contributed by atoms with Gasteiger partial charge < -0.3 is 15.1 Å². The number of amides is 3. The van der Waals surface area contributed by atoms with E-state index in [4.69, 9.17) is 0 Å². The van der Waals surface area contributed by atoms with E-state index in [9.17, 15) is 49.5 Å². The van der Waals surface area contributed by atoms with E-state index in [0.717, 1.165) is 58.0 Å². The van der Waals surface area contributed by atoms with Gasteiger partial charge in [-0.1, -0.05) is 42.5 Å². The minimum atomic E-state index is -4.54. The number of hydrogen-bond donors (Lipinski definition) is 1. The quantitative estimate of drug-likeness (QED) is 0.114. The van der Waals surface area contributed by atoms with E-state index in [1.54, 1.807) is 15.9 Å². The number of rotatable bonds is 9. The highest BCUT2D eigenvalue weighted by Crippen LogP contribution is 2.36. The normalized spacial score (nSPS) is 15.3. The molecule has 20 heteroatoms. The van der Waals surface area contributed by atoms with Crippen LogP contribution in [0.15, 0.2) is 78.3 Å². The van der Waals surface area contributed by atoms with E-state index in [2.05, 4.69) is 32.6 Å². The van der Waals surface area contributed by atoms with E-state index in [0.29, 0.717) is 37.3 Å². The Morgan fingerprint density at radius 3 is 2.29 bits per heavy atom. The number of hydrogen-bond acceptors (Lipinski definition) is 7. The molecule has 4 heterocycles. The lowest BCUT2D eigenvalue weighted by Crippen LogP contribution is -2.40. The monoisotopic (exact) mass is 926 g/mol. The molecule has 65 heavy (non-hydrogen) atoms. The summed E-state index contributed by atoms with van der Waals surface area (Å²) >= 11 is 1.47. The summed E-state index contributed by atoms with van der Waals surface area (Å²) in [6.45, 7) is 2.25. The first kappa shape index (κ1) is 46.5. The first-order valence-corrected chi connectivity index (χ1v) is 21.3. The summed E-state index contributed by atoms with van der Waals surface area (Å²) < 4.78 is 107. The Bertz CT molecular complexity index is 2680. The largest absolute Gasteiger partial charge is 0.435 e. The number of aromatic nitrogens is 5. The number of halogens is 8. The zero-order valence-electron chi connectivity index (χ0n) is 35.2. The van der Waals surface area contributed by atoms with Crippen molar-refractivity contribution >= 4 is 34.7 Å². The number of benzene rings is 3. The van der Waals surface area contributed by atoms with Crippen molar-refractivity contribution in [1.82, 2.24) is 34.3 Å². The van der Waals surface area contributed by atoms with Gasteiger partial charge in [-0.3, -0.25) is 23.7 Å². The van der Waals surface area contributed by atoms with Crippen molar-refractivity contribution in [2.24, 2.45) is 7.05 Å². The van der Waals surface area contributed by atoms with Gasteiger partial charge in [-0.05, 0) is 80.0 Å². The van der Waals surface area contributed by atoms with Crippen molar-refractivity contribution in [2.45, 2.75) is 70.1 Å². The number of alkyl halides is 5. The summed E-state index contributed by atoms with van der Waals surface area (Å²) in [4.78, 5) is 46.6. The number of anilines is 1. The van der Waals surface area contributed by atoms with Crippen LogP contribution in [-0.4, -0.2) is 72.2 Å². The number of likely N-dealkylation sites (tertiary alicyclic amines) is 1. The summed E-state index contributed by atoms with van der Waals surface area (Å²) in [5.74, 6) is -5.47. The molecule has 0 saturated carbocycles. The highest BCUT2D eigenvalue weighted by molar-refractivity contribution is 7.09. The second kappa shape index (κ2) is 19.3. The Morgan fingerprint density at radius 1 is 0.938 bits per heavy atom. The van der Waals surface area contributed by atoms with Crippen molar-refractivity contribution in [3.8, 4) is 11.1 Å². The molecule has 2 aliphatic rings. The van der Waals surface area contributed by atoms with Crippen LogP contribution in [0.2, 0.25) is 0 Å². The van der Waals surface area contributed by atoms with Crippen LogP contribution in [-0.2, 0) is 31.0 Å². The minimum absolute atomic E-state index is 0.0254. The molecule has 0 spiro atoms. The van der Waals surface area contributed by atoms with Gasteiger partial charge in [0.05, 0.1) is 16.6 Å². The molecule has 0 unspecified atom stereocenters. The number of fused-ring (bicyclic) bond motifs is 1. The van der Waals surface area contributed by atoms with E-state index in [-0.39, 0.29) is 52.7 Å². The molecule has 6 aromatic rings. The van der Waals surface area contributed by atoms with Gasteiger partial charge >= 0.3 is 6.18 Å². The van der Waals surface area contributed by atoms with E-state index >= 15 is 0 Å². The molecule has 3 aromatic heterocycles. The van der Waals surface area contributed by atoms with E-state index in [1.165, 1.54) is 54.6 Å². The fourth-order valence-corrected chi connectivity index (χ4v) is 8.99. The zero-order chi connectivity index (χ0) is 46.7. The first-order chi connectivity index (χ1) is 30.9. The van der Waals surface area contributed by atoms with Crippen LogP contribution in [0, 0.1) is 24.4 Å². The fraction of sp³-hybridized carbons (Fsp3) is 0.333. The summed E-state index contributed by atoms with van der Waals surface area (Å²) in [7, 11) is 3.23. The topological polar surface area (TPSA) is 118 Å². The molecule has 0 bridgehead atoms. The molecule has 3 amide bonds. The lowest BCUT2D eigenvalue weighted by Gasteiger charge is -2.33. The molecule has 1 atom stereocenters. The number of aryl methyl sites for hydroxylation is 3. The van der Waals surface area contributed by atoms with Crippen molar-refractivity contribution in [1.29, 1.82) is 0 Å². The number of carbonyl (C=O) groups excluding carboxylic acids is 3. The predicted molar refractivity (Wildman–Crippen MR) is 225 cm³/mol. The highest BCUT2D eigenvalue weighted by Gasteiger charge is 2.35. The molecular weight excluding hydrogens is 885 g/mol. The molecule has 1 N–H and O–H groups in total. The Kier molecular flexibility index (Phi) is 13.9. The summed E-state index contributed by atoms with van der Waals surface area (Å²) in [6.07, 6.45) is -1.98. The minimum Gasteiger partial charge on any atom is -0.341 e. The standard InChI is InChI=1S/C27H30F3N5O2S.C18H12F5N3O/c1-17-14-23(27(28,29)30)32-35(17)15-24(36)34-12-10-19(11-13-34)25-31-21(16-38-25)26(37)33(2)22-9-5-7-18-6-3-4-8-20(18)22;1-26-8-11(16(25-26)17(22)23)18(27)24-14-5-3-2-4-10(14)9-6-12(19)15(21)13(20)7-9/h3-4,6,8,14,16,19,22H,5,7,9-13,15H2,1-2H3;2-8,17H,1H3,(H,24,27)/t22-;/m0./s1. The molecule has 0 radical (unpaired) electrons. The van der Waals surface area contributed by atoms with Gasteiger partial charge in [0, 0.05) is 61.6 Å². The Hall–Kier alpha value is -6.44. The van der Waals surface area contributed by atoms with Crippen LogP contribution in [0.25, 0.3) is 11.1 Å². The smallest absolute Gasteiger partial charge is 0.341 e. The van der Waals surface area contributed by atoms with Gasteiger partial charge in [0.1, 0.15) is 17.9 Å². The van der Waals surface area contributed by atoms with Crippen molar-refractivity contribution < 1.29 is 49.5 Å². The first-order valence-electron chi connectivity index (χ1n) is 20.5. The zero-order valence-corrected chi connectivity index (χ0v) is 36.0. The molecule has 3 aromatic carbocycles. The van der Waals surface area contributed by atoms with E-state index in [1.807, 2.05) is 24.6 Å². The SMILES string of the molecule is Cc1cc(C(F)(F)F)nn1CC(=O)N1CCC(c2nc(C(=O)N(C)[C@H]3CCCc4ccccc43)cs2)CC1.Cn1cc(C(=O)Nc2ccccc2-c2cc(F)c(F)c(F)c2)c(C(F)F)n1. The number of carbonyl (C=O) groups is 3. The summed E-state index contributed by atoms with van der Waals surface area (Å²) in [5.41, 5.74) is 1.50. The predicted octanol–water partition coefficient (Wildman–Crippen LogP) is 9.92. The molecule has 1 aliphatic carbocycles. The number of nitrogens with one attached hydrogen (secondary N) is 1. The summed E-state index contributed by atoms with van der Waals surface area (Å²) in [5, 5.41) is 12.2. The average molecular weight is 927 g/mol. The Balaban J connectivity index is 0.000000206. The maximum Gasteiger partial charge on any atom is 0.435 e. The maximum atomic E-state index is 13.5. The van der Waals surface area contributed by atoms with Gasteiger partial charge in [-0.2, -0.15) is 23.4 Å². The Morgan fingerprint density at radius 2 is 1.62 bits per heavy atom. The van der Waals surface area contributed by atoms with Crippen LogP contribution < -0.4 is 5.32 Å². The molecule has 8 rings (SSSR count). The van der Waals surface area contributed by atoms with Gasteiger partial charge in [-0.25, -0.2) is 26.9 Å². The third-order valence-corrected chi connectivity index (χ3v) is 12.4. The second-order valence-electron chi connectivity index (χ2n) is 15.7. The third kappa shape index (κ3) is 10.4. The molecule has 11 nitrogen and oxygen atoms in total. The van der Waals surface area contributed by atoms with E-state index < -0.39 is 47.3 Å². The number of thiazole rings is 1. The molecular formula is C45H42F8N8O3S. The lowest BCUT2D eigenvalue weighted by atomic mass is 9.87. The molecule has 1 aliphatic heterocycles. The summed E-state index contributed by atoms with van der Waals surface area (Å²) in [6, 6.07) is 16.8. The number of para-hydroxylation sites is 1. The van der Waals surface area contributed by atoms with Crippen molar-refractivity contribution in [3.63, 3.8) is 0 Å². The molecule has 1 fully saturated rings. The maximum absolute atomic E-state index is 13.5. The van der Waals surface area contributed by atoms with Crippen LogP contribution in [0.1, 0.15) is 98.1 Å². The van der Waals surface area contributed by atoms with Crippen LogP contribution in [0.3, 0.4) is 0 Å².